The van der Waals surface area contributed by atoms with Crippen molar-refractivity contribution in [3.05, 3.63) is 182 Å². The van der Waals surface area contributed by atoms with Gasteiger partial charge in [-0.05, 0) is 0 Å². The van der Waals surface area contributed by atoms with Crippen molar-refractivity contribution in [2.24, 2.45) is 0 Å². The van der Waals surface area contributed by atoms with Gasteiger partial charge < -0.3 is 0 Å². The SMILES string of the molecule is [O]=[Ti]([O][Ge]([c]1ccccc1)([c]1ccccc1)[c]1ccccc1)[O][Ge]([c]1ccccc1)([c]1ccccc1)[c]1ccccc1. The molecule has 3 nitrogen and oxygen atoms in total. The van der Waals surface area contributed by atoms with Gasteiger partial charge in [-0.25, -0.2) is 0 Å². The number of benzene rings is 6. The number of hydrogen-bond donors (Lipinski definition) is 0. The molecule has 0 spiro atoms. The Morgan fingerprint density at radius 3 is 0.643 bits per heavy atom. The van der Waals surface area contributed by atoms with E-state index in [4.69, 9.17) is 4.69 Å². The molecule has 0 atom stereocenters. The monoisotopic (exact) mass is 706 g/mol. The second-order valence-corrected chi connectivity index (χ2v) is 27.9. The van der Waals surface area contributed by atoms with Gasteiger partial charge in [0.25, 0.3) is 0 Å². The van der Waals surface area contributed by atoms with Crippen molar-refractivity contribution in [3.63, 3.8) is 0 Å². The van der Waals surface area contributed by atoms with E-state index in [1.54, 1.807) is 0 Å². The molecule has 0 fully saturated rings. The number of hydrogen-bond acceptors (Lipinski definition) is 3. The van der Waals surface area contributed by atoms with E-state index in [9.17, 15) is 3.32 Å². The molecule has 6 heteroatoms. The van der Waals surface area contributed by atoms with Crippen LogP contribution in [0.3, 0.4) is 0 Å². The molecule has 0 aliphatic rings. The second-order valence-electron chi connectivity index (χ2n) is 10.0. The quantitative estimate of drug-likeness (QED) is 0.202. The predicted molar refractivity (Wildman–Crippen MR) is 171 cm³/mol. The van der Waals surface area contributed by atoms with Crippen molar-refractivity contribution in [1.82, 2.24) is 0 Å². The summed E-state index contributed by atoms with van der Waals surface area (Å²) in [6, 6.07) is 61.9. The van der Waals surface area contributed by atoms with Crippen LogP contribution in [0.5, 0.6) is 0 Å². The van der Waals surface area contributed by atoms with Crippen LogP contribution >= 0.6 is 0 Å². The molecule has 6 aromatic carbocycles. The summed E-state index contributed by atoms with van der Waals surface area (Å²) < 4.78 is 35.6. The van der Waals surface area contributed by atoms with Crippen molar-refractivity contribution < 1.29 is 26.6 Å². The van der Waals surface area contributed by atoms with Gasteiger partial charge in [-0.1, -0.05) is 0 Å². The summed E-state index contributed by atoms with van der Waals surface area (Å²) >= 11 is -11.8. The normalized spacial score (nSPS) is 11.6. The van der Waals surface area contributed by atoms with Gasteiger partial charge in [0.2, 0.25) is 0 Å². The van der Waals surface area contributed by atoms with Crippen LogP contribution in [0.1, 0.15) is 0 Å². The van der Waals surface area contributed by atoms with E-state index in [0.29, 0.717) is 0 Å². The van der Waals surface area contributed by atoms with Crippen LogP contribution in [0.25, 0.3) is 0 Å². The van der Waals surface area contributed by atoms with Crippen LogP contribution in [0.2, 0.25) is 0 Å². The Morgan fingerprint density at radius 1 is 0.310 bits per heavy atom. The van der Waals surface area contributed by atoms with Gasteiger partial charge in [0, 0.05) is 0 Å². The fourth-order valence-corrected chi connectivity index (χ4v) is 32.8. The molecule has 6 aromatic rings. The maximum absolute atomic E-state index is 14.8. The minimum absolute atomic E-state index is 1.08. The first-order chi connectivity index (χ1) is 20.7. The fraction of sp³-hybridized carbons (Fsp3) is 0. The van der Waals surface area contributed by atoms with Gasteiger partial charge in [-0.15, -0.1) is 0 Å². The molecular weight excluding hydrogens is 673 g/mol. The summed E-state index contributed by atoms with van der Waals surface area (Å²) in [4.78, 5) is 0. The van der Waals surface area contributed by atoms with Gasteiger partial charge in [0.05, 0.1) is 0 Å². The molecule has 0 aliphatic heterocycles. The van der Waals surface area contributed by atoms with E-state index in [1.807, 2.05) is 109 Å². The first-order valence-electron chi connectivity index (χ1n) is 14.0. The Hall–Kier alpha value is -3.16. The van der Waals surface area contributed by atoms with Gasteiger partial charge in [0.1, 0.15) is 0 Å². The molecule has 42 heavy (non-hydrogen) atoms. The summed E-state index contributed by atoms with van der Waals surface area (Å²) in [5.74, 6) is 0. The average Bonchev–Trinajstić information content (AvgIpc) is 3.08. The summed E-state index contributed by atoms with van der Waals surface area (Å²) in [6.07, 6.45) is 0. The molecule has 0 amide bonds. The molecule has 0 heterocycles. The molecule has 0 aliphatic carbocycles. The number of rotatable bonds is 10. The van der Waals surface area contributed by atoms with Gasteiger partial charge >= 0.3 is 262 Å². The van der Waals surface area contributed by atoms with Crippen LogP contribution in [-0.4, -0.2) is 27.2 Å². The van der Waals surface area contributed by atoms with Crippen molar-refractivity contribution in [1.29, 1.82) is 0 Å². The van der Waals surface area contributed by atoms with E-state index in [0.717, 1.165) is 26.4 Å². The third-order valence-electron chi connectivity index (χ3n) is 7.55. The summed E-state index contributed by atoms with van der Waals surface area (Å²) in [7, 11) is 0. The zero-order chi connectivity index (χ0) is 28.7. The third kappa shape index (κ3) is 5.73. The standard InChI is InChI=1S/2C18H15GeO.O.Ti/c2*20-19(16-10-4-1-5-11-16,17-12-6-2-7-13-17)18-14-8-3-9-15-18;;/h2*1-15H;;/q2*-1;;+2. The Kier molecular flexibility index (Phi) is 9.25. The fourth-order valence-electron chi connectivity index (χ4n) is 5.66. The first-order valence-corrected chi connectivity index (χ1v) is 23.9. The van der Waals surface area contributed by atoms with Gasteiger partial charge in [-0.3, -0.25) is 0 Å². The van der Waals surface area contributed by atoms with Gasteiger partial charge in [0.15, 0.2) is 0 Å². The van der Waals surface area contributed by atoms with Crippen LogP contribution in [0.15, 0.2) is 182 Å². The first kappa shape index (κ1) is 28.9. The molecule has 0 N–H and O–H groups in total. The molecule has 0 saturated carbocycles. The van der Waals surface area contributed by atoms with E-state index >= 15 is 0 Å². The Bertz CT molecular complexity index is 1400. The van der Waals surface area contributed by atoms with Gasteiger partial charge in [-0.2, -0.15) is 0 Å². The Morgan fingerprint density at radius 2 is 0.476 bits per heavy atom. The maximum atomic E-state index is 14.8. The second kappa shape index (κ2) is 13.4. The van der Waals surface area contributed by atoms with E-state index in [1.165, 1.54) is 0 Å². The molecule has 204 valence electrons. The van der Waals surface area contributed by atoms with Crippen molar-refractivity contribution >= 4 is 53.6 Å². The van der Waals surface area contributed by atoms with E-state index in [2.05, 4.69) is 72.8 Å². The Balaban J connectivity index is 1.55. The molecule has 0 saturated heterocycles. The van der Waals surface area contributed by atoms with Crippen LogP contribution in [0.4, 0.5) is 0 Å². The van der Waals surface area contributed by atoms with Crippen molar-refractivity contribution in [3.8, 4) is 0 Å². The zero-order valence-corrected chi connectivity index (χ0v) is 28.8. The Labute approximate surface area is 260 Å². The van der Waals surface area contributed by atoms with Crippen molar-refractivity contribution in [2.75, 3.05) is 0 Å². The minimum atomic E-state index is -3.96. The molecule has 0 unspecified atom stereocenters. The molecule has 0 bridgehead atoms. The molecular formula is C36H30Ge2O3Ti. The van der Waals surface area contributed by atoms with Crippen LogP contribution in [0, 0.1) is 0 Å². The zero-order valence-electron chi connectivity index (χ0n) is 23.0. The molecule has 0 radical (unpaired) electrons. The summed E-state index contributed by atoms with van der Waals surface area (Å²) in [5.41, 5.74) is 0. The molecule has 0 aromatic heterocycles. The van der Waals surface area contributed by atoms with Crippen molar-refractivity contribution in [2.45, 2.75) is 0 Å². The predicted octanol–water partition coefficient (Wildman–Crippen LogP) is 4.15. The summed E-state index contributed by atoms with van der Waals surface area (Å²) in [5, 5.41) is 0. The molecule has 6 rings (SSSR count). The van der Waals surface area contributed by atoms with E-state index < -0.39 is 45.8 Å². The third-order valence-corrected chi connectivity index (χ3v) is 31.6. The van der Waals surface area contributed by atoms with Crippen LogP contribution < -0.4 is 26.4 Å². The average molecular weight is 704 g/mol. The van der Waals surface area contributed by atoms with E-state index in [-0.39, 0.29) is 0 Å². The van der Waals surface area contributed by atoms with Crippen LogP contribution in [-0.2, 0) is 26.6 Å². The summed E-state index contributed by atoms with van der Waals surface area (Å²) in [6.45, 7) is 0. The topological polar surface area (TPSA) is 35.5 Å².